The van der Waals surface area contributed by atoms with Crippen LogP contribution in [0.25, 0.3) is 0 Å². The minimum Gasteiger partial charge on any atom is -0.486 e. The maximum atomic E-state index is 12.6. The zero-order valence-corrected chi connectivity index (χ0v) is 17.4. The zero-order valence-electron chi connectivity index (χ0n) is 17.4. The molecule has 2 amide bonds. The van der Waals surface area contributed by atoms with Gasteiger partial charge in [-0.1, -0.05) is 6.07 Å². The molecule has 1 atom stereocenters. The van der Waals surface area contributed by atoms with E-state index in [0.29, 0.717) is 31.0 Å². The first-order valence-electron chi connectivity index (χ1n) is 10.3. The Morgan fingerprint density at radius 3 is 2.53 bits per heavy atom. The second-order valence-electron chi connectivity index (χ2n) is 7.86. The van der Waals surface area contributed by atoms with E-state index in [4.69, 9.17) is 9.47 Å². The van der Waals surface area contributed by atoms with E-state index in [1.54, 1.807) is 38.4 Å². The third-order valence-electron chi connectivity index (χ3n) is 5.48. The van der Waals surface area contributed by atoms with Gasteiger partial charge in [0.25, 0.3) is 5.91 Å². The summed E-state index contributed by atoms with van der Waals surface area (Å²) in [4.78, 5) is 28.3. The summed E-state index contributed by atoms with van der Waals surface area (Å²) in [6, 6.07) is 13.2. The normalized spacial score (nSPS) is 18.1. The Kier molecular flexibility index (Phi) is 5.90. The van der Waals surface area contributed by atoms with Crippen LogP contribution in [-0.4, -0.2) is 62.0 Å². The fourth-order valence-corrected chi connectivity index (χ4v) is 4.00. The monoisotopic (exact) mass is 409 g/mol. The molecule has 0 aromatic heterocycles. The van der Waals surface area contributed by atoms with Crippen molar-refractivity contribution in [3.8, 4) is 11.5 Å². The van der Waals surface area contributed by atoms with Crippen LogP contribution in [0.4, 0.5) is 5.69 Å². The van der Waals surface area contributed by atoms with E-state index in [0.717, 1.165) is 36.4 Å². The van der Waals surface area contributed by atoms with Crippen molar-refractivity contribution >= 4 is 17.5 Å². The topological polar surface area (TPSA) is 71.1 Å². The number of rotatable bonds is 5. The third kappa shape index (κ3) is 4.41. The Labute approximate surface area is 176 Å². The minimum atomic E-state index is -0.0638. The highest BCUT2D eigenvalue weighted by atomic mass is 16.6. The van der Waals surface area contributed by atoms with E-state index in [9.17, 15) is 9.59 Å². The van der Waals surface area contributed by atoms with E-state index in [1.807, 2.05) is 12.1 Å². The molecule has 30 heavy (non-hydrogen) atoms. The van der Waals surface area contributed by atoms with Gasteiger partial charge in [0.1, 0.15) is 13.2 Å². The number of carbonyl (C=O) groups excluding carboxylic acids is 2. The molecule has 2 aromatic rings. The fourth-order valence-electron chi connectivity index (χ4n) is 4.00. The Morgan fingerprint density at radius 1 is 1.07 bits per heavy atom. The van der Waals surface area contributed by atoms with Gasteiger partial charge in [0.2, 0.25) is 5.91 Å². The molecule has 0 unspecified atom stereocenters. The summed E-state index contributed by atoms with van der Waals surface area (Å²) in [5.74, 6) is 1.43. The van der Waals surface area contributed by atoms with E-state index >= 15 is 0 Å². The molecule has 158 valence electrons. The van der Waals surface area contributed by atoms with Gasteiger partial charge in [-0.2, -0.15) is 0 Å². The molecule has 0 bridgehead atoms. The van der Waals surface area contributed by atoms with Crippen molar-refractivity contribution in [2.24, 2.45) is 0 Å². The number of fused-ring (bicyclic) bond motifs is 1. The number of hydrogen-bond acceptors (Lipinski definition) is 5. The van der Waals surface area contributed by atoms with Crippen molar-refractivity contribution in [2.75, 3.05) is 45.7 Å². The van der Waals surface area contributed by atoms with E-state index < -0.39 is 0 Å². The fraction of sp³-hybridized carbons (Fsp3) is 0.391. The van der Waals surface area contributed by atoms with Crippen molar-refractivity contribution in [1.29, 1.82) is 0 Å². The molecule has 1 saturated heterocycles. The highest BCUT2D eigenvalue weighted by Gasteiger charge is 2.28. The van der Waals surface area contributed by atoms with Crippen LogP contribution in [-0.2, 0) is 4.79 Å². The molecule has 1 N–H and O–H groups in total. The van der Waals surface area contributed by atoms with Crippen molar-refractivity contribution in [3.63, 3.8) is 0 Å². The lowest BCUT2D eigenvalue weighted by Crippen LogP contribution is -2.33. The molecule has 0 aliphatic carbocycles. The lowest BCUT2D eigenvalue weighted by atomic mass is 10.0. The number of ether oxygens (including phenoxy) is 2. The molecule has 0 radical (unpaired) electrons. The summed E-state index contributed by atoms with van der Waals surface area (Å²) < 4.78 is 11.3. The molecular formula is C23H27N3O4. The standard InChI is InChI=1S/C23H27N3O4/c1-25(2)23(28)16-5-8-18(9-6-16)24-22(27)15-26-11-3-4-19(26)17-7-10-20-21(14-17)30-13-12-29-20/h5-10,14,19H,3-4,11-13,15H2,1-2H3,(H,24,27)/t19-/m1/s1. The van der Waals surface area contributed by atoms with Crippen LogP contribution >= 0.6 is 0 Å². The van der Waals surface area contributed by atoms with Gasteiger partial charge in [-0.05, 0) is 61.3 Å². The summed E-state index contributed by atoms with van der Waals surface area (Å²) in [7, 11) is 3.43. The van der Waals surface area contributed by atoms with Gasteiger partial charge in [-0.15, -0.1) is 0 Å². The Bertz CT molecular complexity index is 927. The maximum Gasteiger partial charge on any atom is 0.253 e. The van der Waals surface area contributed by atoms with Crippen LogP contribution in [0.15, 0.2) is 42.5 Å². The largest absolute Gasteiger partial charge is 0.486 e. The molecule has 2 heterocycles. The van der Waals surface area contributed by atoms with E-state index in [2.05, 4.69) is 16.3 Å². The van der Waals surface area contributed by atoms with Gasteiger partial charge in [0.05, 0.1) is 6.54 Å². The molecule has 1 fully saturated rings. The summed E-state index contributed by atoms with van der Waals surface area (Å²) in [6.07, 6.45) is 2.06. The average molecular weight is 409 g/mol. The van der Waals surface area contributed by atoms with Crippen LogP contribution in [0.2, 0.25) is 0 Å². The summed E-state index contributed by atoms with van der Waals surface area (Å²) >= 11 is 0. The second-order valence-corrected chi connectivity index (χ2v) is 7.86. The van der Waals surface area contributed by atoms with Crippen LogP contribution in [0.1, 0.15) is 34.8 Å². The number of anilines is 1. The van der Waals surface area contributed by atoms with Crippen molar-refractivity contribution < 1.29 is 19.1 Å². The quantitative estimate of drug-likeness (QED) is 0.822. The van der Waals surface area contributed by atoms with Crippen molar-refractivity contribution in [3.05, 3.63) is 53.6 Å². The number of nitrogens with one attached hydrogen (secondary N) is 1. The maximum absolute atomic E-state index is 12.6. The predicted molar refractivity (Wildman–Crippen MR) is 114 cm³/mol. The second kappa shape index (κ2) is 8.75. The summed E-state index contributed by atoms with van der Waals surface area (Å²) in [5, 5.41) is 2.94. The number of hydrogen-bond donors (Lipinski definition) is 1. The van der Waals surface area contributed by atoms with Gasteiger partial charge >= 0.3 is 0 Å². The third-order valence-corrected chi connectivity index (χ3v) is 5.48. The van der Waals surface area contributed by atoms with Crippen LogP contribution in [0.5, 0.6) is 11.5 Å². The molecule has 2 aromatic carbocycles. The van der Waals surface area contributed by atoms with Gasteiger partial charge in [0.15, 0.2) is 11.5 Å². The molecule has 7 heteroatoms. The SMILES string of the molecule is CN(C)C(=O)c1ccc(NC(=O)CN2CCC[C@@H]2c2ccc3c(c2)OCCO3)cc1. The Morgan fingerprint density at radius 2 is 1.80 bits per heavy atom. The van der Waals surface area contributed by atoms with Crippen LogP contribution in [0, 0.1) is 0 Å². The lowest BCUT2D eigenvalue weighted by Gasteiger charge is -2.26. The Hall–Kier alpha value is -3.06. The predicted octanol–water partition coefficient (Wildman–Crippen LogP) is 2.94. The van der Waals surface area contributed by atoms with Crippen LogP contribution in [0.3, 0.4) is 0 Å². The summed E-state index contributed by atoms with van der Waals surface area (Å²) in [6.45, 7) is 2.33. The first-order valence-corrected chi connectivity index (χ1v) is 10.3. The van der Waals surface area contributed by atoms with Gasteiger partial charge in [0, 0.05) is 31.4 Å². The van der Waals surface area contributed by atoms with Crippen molar-refractivity contribution in [1.82, 2.24) is 9.80 Å². The van der Waals surface area contributed by atoms with Crippen molar-refractivity contribution in [2.45, 2.75) is 18.9 Å². The zero-order chi connectivity index (χ0) is 21.1. The highest BCUT2D eigenvalue weighted by molar-refractivity contribution is 5.96. The summed E-state index contributed by atoms with van der Waals surface area (Å²) in [5.41, 5.74) is 2.43. The minimum absolute atomic E-state index is 0.0628. The first-order chi connectivity index (χ1) is 14.5. The number of carbonyl (C=O) groups is 2. The molecule has 0 saturated carbocycles. The van der Waals surface area contributed by atoms with Crippen LogP contribution < -0.4 is 14.8 Å². The smallest absolute Gasteiger partial charge is 0.253 e. The Balaban J connectivity index is 1.38. The molecule has 2 aliphatic rings. The van der Waals surface area contributed by atoms with E-state index in [1.165, 1.54) is 4.90 Å². The highest BCUT2D eigenvalue weighted by Crippen LogP contribution is 2.37. The average Bonchev–Trinajstić information content (AvgIpc) is 3.21. The number of likely N-dealkylation sites (tertiary alicyclic amines) is 1. The molecule has 0 spiro atoms. The molecule has 7 nitrogen and oxygen atoms in total. The van der Waals surface area contributed by atoms with Gasteiger partial charge in [-0.25, -0.2) is 0 Å². The molecule has 2 aliphatic heterocycles. The first kappa shape index (κ1) is 20.2. The molecule has 4 rings (SSSR count). The van der Waals surface area contributed by atoms with Gasteiger partial charge < -0.3 is 19.7 Å². The molecular weight excluding hydrogens is 382 g/mol. The number of amides is 2. The van der Waals surface area contributed by atoms with Gasteiger partial charge in [-0.3, -0.25) is 14.5 Å². The number of nitrogens with zero attached hydrogens (tertiary/aromatic N) is 2. The van der Waals surface area contributed by atoms with E-state index in [-0.39, 0.29) is 17.9 Å². The lowest BCUT2D eigenvalue weighted by molar-refractivity contribution is -0.117. The number of benzene rings is 2.